The second kappa shape index (κ2) is 9.17. The molecule has 0 bridgehead atoms. The van der Waals surface area contributed by atoms with Crippen LogP contribution >= 0.6 is 11.6 Å². The first-order valence-electron chi connectivity index (χ1n) is 7.19. The summed E-state index contributed by atoms with van der Waals surface area (Å²) < 4.78 is 4.99. The molecular weight excluding hydrogens is 302 g/mol. The maximum Gasteiger partial charge on any atom is 0.244 e. The molecule has 2 N–H and O–H groups in total. The molecular formula is C15H20ClN5O. The molecule has 0 spiro atoms. The van der Waals surface area contributed by atoms with E-state index in [1.54, 1.807) is 13.3 Å². The second-order valence-electron chi connectivity index (χ2n) is 4.75. The van der Waals surface area contributed by atoms with E-state index in [0.717, 1.165) is 31.0 Å². The summed E-state index contributed by atoms with van der Waals surface area (Å²) in [5, 5.41) is 15.0. The molecule has 2 rings (SSSR count). The molecule has 2 aromatic rings. The zero-order valence-electron chi connectivity index (χ0n) is 12.6. The van der Waals surface area contributed by atoms with Gasteiger partial charge in [-0.1, -0.05) is 23.7 Å². The minimum absolute atomic E-state index is 0.517. The smallest absolute Gasteiger partial charge is 0.244 e. The molecule has 0 amide bonds. The van der Waals surface area contributed by atoms with E-state index in [9.17, 15) is 0 Å². The minimum Gasteiger partial charge on any atom is -0.385 e. The van der Waals surface area contributed by atoms with E-state index in [1.807, 2.05) is 18.2 Å². The van der Waals surface area contributed by atoms with Gasteiger partial charge in [0.05, 0.1) is 6.20 Å². The molecule has 6 nitrogen and oxygen atoms in total. The van der Waals surface area contributed by atoms with Crippen molar-refractivity contribution in [1.29, 1.82) is 0 Å². The lowest BCUT2D eigenvalue weighted by atomic mass is 10.1. The monoisotopic (exact) mass is 321 g/mol. The van der Waals surface area contributed by atoms with Gasteiger partial charge >= 0.3 is 0 Å². The van der Waals surface area contributed by atoms with Crippen LogP contribution in [0.1, 0.15) is 12.0 Å². The summed E-state index contributed by atoms with van der Waals surface area (Å²) in [7, 11) is 1.68. The lowest BCUT2D eigenvalue weighted by Crippen LogP contribution is -2.11. The molecule has 118 valence electrons. The summed E-state index contributed by atoms with van der Waals surface area (Å²) in [4.78, 5) is 4.36. The largest absolute Gasteiger partial charge is 0.385 e. The predicted octanol–water partition coefficient (Wildman–Crippen LogP) is 2.63. The van der Waals surface area contributed by atoms with Gasteiger partial charge in [0.1, 0.15) is 0 Å². The van der Waals surface area contributed by atoms with Gasteiger partial charge in [-0.15, -0.1) is 5.10 Å². The minimum atomic E-state index is 0.517. The van der Waals surface area contributed by atoms with E-state index >= 15 is 0 Å². The summed E-state index contributed by atoms with van der Waals surface area (Å²) in [6.07, 6.45) is 3.37. The van der Waals surface area contributed by atoms with E-state index in [2.05, 4.69) is 31.9 Å². The molecule has 0 aliphatic rings. The van der Waals surface area contributed by atoms with Crippen molar-refractivity contribution in [3.63, 3.8) is 0 Å². The highest BCUT2D eigenvalue weighted by molar-refractivity contribution is 6.30. The summed E-state index contributed by atoms with van der Waals surface area (Å²) in [6, 6.07) is 7.83. The Morgan fingerprint density at radius 3 is 2.95 bits per heavy atom. The first-order chi connectivity index (χ1) is 10.8. The van der Waals surface area contributed by atoms with E-state index in [-0.39, 0.29) is 0 Å². The van der Waals surface area contributed by atoms with Crippen LogP contribution in [0.4, 0.5) is 11.8 Å². The van der Waals surface area contributed by atoms with Gasteiger partial charge in [-0.25, -0.2) is 0 Å². The molecule has 0 atom stereocenters. The molecule has 0 aliphatic heterocycles. The second-order valence-corrected chi connectivity index (χ2v) is 5.18. The number of methoxy groups -OCH3 is 1. The molecule has 0 saturated carbocycles. The molecule has 0 aliphatic carbocycles. The lowest BCUT2D eigenvalue weighted by Gasteiger charge is -2.07. The lowest BCUT2D eigenvalue weighted by molar-refractivity contribution is 0.197. The van der Waals surface area contributed by atoms with Gasteiger partial charge in [-0.2, -0.15) is 10.1 Å². The van der Waals surface area contributed by atoms with Gasteiger partial charge in [0.2, 0.25) is 5.95 Å². The van der Waals surface area contributed by atoms with Crippen LogP contribution in [0, 0.1) is 0 Å². The Morgan fingerprint density at radius 2 is 2.14 bits per heavy atom. The third-order valence-corrected chi connectivity index (χ3v) is 3.21. The van der Waals surface area contributed by atoms with Gasteiger partial charge in [-0.3, -0.25) is 0 Å². The SMILES string of the molecule is COCCCNc1nncc(NCCc2cccc(Cl)c2)n1. The first kappa shape index (κ1) is 16.5. The molecule has 22 heavy (non-hydrogen) atoms. The number of benzene rings is 1. The molecule has 0 fully saturated rings. The third-order valence-electron chi connectivity index (χ3n) is 2.98. The highest BCUT2D eigenvalue weighted by Gasteiger charge is 2.00. The Bertz CT molecular complexity index is 581. The van der Waals surface area contributed by atoms with Crippen molar-refractivity contribution >= 4 is 23.4 Å². The van der Waals surface area contributed by atoms with E-state index < -0.39 is 0 Å². The zero-order chi connectivity index (χ0) is 15.6. The van der Waals surface area contributed by atoms with Gasteiger partial charge in [-0.05, 0) is 30.5 Å². The maximum absolute atomic E-state index is 5.96. The van der Waals surface area contributed by atoms with Crippen molar-refractivity contribution in [3.8, 4) is 0 Å². The highest BCUT2D eigenvalue weighted by atomic mass is 35.5. The van der Waals surface area contributed by atoms with Crippen LogP contribution in [0.2, 0.25) is 5.02 Å². The predicted molar refractivity (Wildman–Crippen MR) is 88.5 cm³/mol. The van der Waals surface area contributed by atoms with E-state index in [1.165, 1.54) is 5.56 Å². The fourth-order valence-electron chi connectivity index (χ4n) is 1.91. The number of hydrogen-bond acceptors (Lipinski definition) is 6. The van der Waals surface area contributed by atoms with Crippen LogP contribution in [0.15, 0.2) is 30.5 Å². The number of anilines is 2. The van der Waals surface area contributed by atoms with Crippen molar-refractivity contribution in [3.05, 3.63) is 41.0 Å². The Labute approximate surface area is 135 Å². The molecule has 0 unspecified atom stereocenters. The highest BCUT2D eigenvalue weighted by Crippen LogP contribution is 2.11. The first-order valence-corrected chi connectivity index (χ1v) is 7.56. The van der Waals surface area contributed by atoms with Crippen LogP contribution in [-0.2, 0) is 11.2 Å². The van der Waals surface area contributed by atoms with Crippen molar-refractivity contribution in [2.75, 3.05) is 37.4 Å². The van der Waals surface area contributed by atoms with Crippen LogP contribution in [0.5, 0.6) is 0 Å². The number of halogens is 1. The van der Waals surface area contributed by atoms with Crippen molar-refractivity contribution in [1.82, 2.24) is 15.2 Å². The van der Waals surface area contributed by atoms with E-state index in [0.29, 0.717) is 18.4 Å². The summed E-state index contributed by atoms with van der Waals surface area (Å²) in [5.41, 5.74) is 1.18. The molecule has 1 heterocycles. The fourth-order valence-corrected chi connectivity index (χ4v) is 2.12. The van der Waals surface area contributed by atoms with Gasteiger partial charge < -0.3 is 15.4 Å². The number of nitrogens with zero attached hydrogens (tertiary/aromatic N) is 3. The van der Waals surface area contributed by atoms with Gasteiger partial charge in [0, 0.05) is 31.8 Å². The van der Waals surface area contributed by atoms with Crippen molar-refractivity contribution in [2.24, 2.45) is 0 Å². The molecule has 1 aromatic heterocycles. The van der Waals surface area contributed by atoms with Crippen LogP contribution in [0.25, 0.3) is 0 Å². The standard InChI is InChI=1S/C15H20ClN5O/c1-22-9-3-7-18-15-20-14(11-19-21-15)17-8-6-12-4-2-5-13(16)10-12/h2,4-5,10-11H,3,6-9H2,1H3,(H2,17,18,20,21). The quantitative estimate of drug-likeness (QED) is 0.692. The third kappa shape index (κ3) is 5.83. The van der Waals surface area contributed by atoms with E-state index in [4.69, 9.17) is 16.3 Å². The Hall–Kier alpha value is -1.92. The number of rotatable bonds is 9. The van der Waals surface area contributed by atoms with Crippen LogP contribution in [0.3, 0.4) is 0 Å². The number of nitrogens with one attached hydrogen (secondary N) is 2. The zero-order valence-corrected chi connectivity index (χ0v) is 13.3. The number of aromatic nitrogens is 3. The average molecular weight is 322 g/mol. The Balaban J connectivity index is 1.77. The Morgan fingerprint density at radius 1 is 1.23 bits per heavy atom. The van der Waals surface area contributed by atoms with Gasteiger partial charge in [0.15, 0.2) is 5.82 Å². The topological polar surface area (TPSA) is 72.0 Å². The molecule has 0 radical (unpaired) electrons. The Kier molecular flexibility index (Phi) is 6.86. The summed E-state index contributed by atoms with van der Waals surface area (Å²) in [6.45, 7) is 2.21. The van der Waals surface area contributed by atoms with Crippen molar-refractivity contribution in [2.45, 2.75) is 12.8 Å². The van der Waals surface area contributed by atoms with Crippen LogP contribution in [-0.4, -0.2) is 42.0 Å². The molecule has 1 aromatic carbocycles. The number of ether oxygens (including phenoxy) is 1. The van der Waals surface area contributed by atoms with Crippen LogP contribution < -0.4 is 10.6 Å². The molecule has 0 saturated heterocycles. The van der Waals surface area contributed by atoms with Gasteiger partial charge in [0.25, 0.3) is 0 Å². The summed E-state index contributed by atoms with van der Waals surface area (Å²) >= 11 is 5.96. The fraction of sp³-hybridized carbons (Fsp3) is 0.400. The van der Waals surface area contributed by atoms with Crippen molar-refractivity contribution < 1.29 is 4.74 Å². The normalized spacial score (nSPS) is 10.5. The summed E-state index contributed by atoms with van der Waals surface area (Å²) in [5.74, 6) is 1.22. The number of hydrogen-bond donors (Lipinski definition) is 2. The average Bonchev–Trinajstić information content (AvgIpc) is 2.52. The molecule has 7 heteroatoms. The maximum atomic E-state index is 5.96.